The highest BCUT2D eigenvalue weighted by atomic mass is 16.6. The molecule has 16 heavy (non-hydrogen) atoms. The average molecular weight is 228 g/mol. The van der Waals surface area contributed by atoms with Crippen LogP contribution in [0.3, 0.4) is 0 Å². The maximum atomic E-state index is 11.5. The van der Waals surface area contributed by atoms with Crippen molar-refractivity contribution < 1.29 is 9.53 Å². The smallest absolute Gasteiger partial charge is 0.407 e. The Bertz CT molecular complexity index is 246. The van der Waals surface area contributed by atoms with E-state index in [-0.39, 0.29) is 12.1 Å². The third-order valence-electron chi connectivity index (χ3n) is 2.69. The lowest BCUT2D eigenvalue weighted by Gasteiger charge is -2.21. The zero-order valence-electron chi connectivity index (χ0n) is 11.0. The van der Waals surface area contributed by atoms with Gasteiger partial charge >= 0.3 is 6.09 Å². The number of hydrogen-bond acceptors (Lipinski definition) is 3. The second-order valence-corrected chi connectivity index (χ2v) is 5.84. The van der Waals surface area contributed by atoms with E-state index in [1.807, 2.05) is 20.8 Å². The molecule has 4 heteroatoms. The number of hydrogen-bond donors (Lipinski definition) is 2. The van der Waals surface area contributed by atoms with E-state index >= 15 is 0 Å². The Morgan fingerprint density at radius 3 is 2.50 bits per heavy atom. The van der Waals surface area contributed by atoms with Gasteiger partial charge in [0, 0.05) is 18.6 Å². The van der Waals surface area contributed by atoms with Crippen LogP contribution in [0.15, 0.2) is 0 Å². The Labute approximate surface area is 98.1 Å². The Hall–Kier alpha value is -0.770. The molecule has 1 fully saturated rings. The quantitative estimate of drug-likeness (QED) is 0.759. The van der Waals surface area contributed by atoms with E-state index in [9.17, 15) is 4.79 Å². The molecule has 0 aliphatic carbocycles. The summed E-state index contributed by atoms with van der Waals surface area (Å²) < 4.78 is 5.22. The third kappa shape index (κ3) is 4.39. The maximum Gasteiger partial charge on any atom is 0.407 e. The standard InChI is InChI=1S/C12H24N2O2/c1-8(2)10-6-9(7-13-10)14-11(15)16-12(3,4)5/h8-10,13H,6-7H2,1-5H3,(H,14,15)/t9-,10+/m0/s1. The van der Waals surface area contributed by atoms with E-state index in [0.717, 1.165) is 13.0 Å². The van der Waals surface area contributed by atoms with Crippen LogP contribution in [-0.4, -0.2) is 30.3 Å². The summed E-state index contributed by atoms with van der Waals surface area (Å²) in [5.41, 5.74) is -0.423. The normalized spacial score (nSPS) is 25.9. The van der Waals surface area contributed by atoms with Gasteiger partial charge in [0.25, 0.3) is 0 Å². The Balaban J connectivity index is 2.32. The zero-order valence-corrected chi connectivity index (χ0v) is 11.0. The molecule has 4 nitrogen and oxygen atoms in total. The fraction of sp³-hybridized carbons (Fsp3) is 0.917. The topological polar surface area (TPSA) is 50.4 Å². The molecule has 1 aliphatic heterocycles. The minimum Gasteiger partial charge on any atom is -0.444 e. The minimum atomic E-state index is -0.423. The molecular formula is C12H24N2O2. The maximum absolute atomic E-state index is 11.5. The van der Waals surface area contributed by atoms with Gasteiger partial charge in [0.2, 0.25) is 0 Å². The van der Waals surface area contributed by atoms with Crippen LogP contribution in [0, 0.1) is 5.92 Å². The lowest BCUT2D eigenvalue weighted by atomic mass is 10.0. The van der Waals surface area contributed by atoms with Crippen LogP contribution in [0.4, 0.5) is 4.79 Å². The van der Waals surface area contributed by atoms with Crippen LogP contribution >= 0.6 is 0 Å². The number of nitrogens with one attached hydrogen (secondary N) is 2. The molecule has 0 saturated carbocycles. The van der Waals surface area contributed by atoms with Crippen LogP contribution in [-0.2, 0) is 4.74 Å². The molecule has 1 amide bonds. The molecule has 1 rings (SSSR count). The van der Waals surface area contributed by atoms with Crippen molar-refractivity contribution in [3.8, 4) is 0 Å². The highest BCUT2D eigenvalue weighted by molar-refractivity contribution is 5.68. The van der Waals surface area contributed by atoms with E-state index in [1.54, 1.807) is 0 Å². The van der Waals surface area contributed by atoms with E-state index < -0.39 is 5.60 Å². The summed E-state index contributed by atoms with van der Waals surface area (Å²) in [7, 11) is 0. The van der Waals surface area contributed by atoms with Crippen LogP contribution < -0.4 is 10.6 Å². The fourth-order valence-corrected chi connectivity index (χ4v) is 1.86. The summed E-state index contributed by atoms with van der Waals surface area (Å²) in [5, 5.41) is 6.30. The second kappa shape index (κ2) is 5.04. The predicted octanol–water partition coefficient (Wildman–Crippen LogP) is 1.90. The van der Waals surface area contributed by atoms with Gasteiger partial charge in [-0.1, -0.05) is 13.8 Å². The molecule has 0 aromatic heterocycles. The monoisotopic (exact) mass is 228 g/mol. The number of alkyl carbamates (subject to hydrolysis) is 1. The van der Waals surface area contributed by atoms with Crippen LogP contribution in [0.5, 0.6) is 0 Å². The summed E-state index contributed by atoms with van der Waals surface area (Å²) in [6.07, 6.45) is 0.667. The van der Waals surface area contributed by atoms with Gasteiger partial charge in [-0.15, -0.1) is 0 Å². The van der Waals surface area contributed by atoms with Gasteiger partial charge in [-0.2, -0.15) is 0 Å². The first-order valence-corrected chi connectivity index (χ1v) is 6.01. The lowest BCUT2D eigenvalue weighted by Crippen LogP contribution is -2.40. The molecule has 0 aromatic rings. The Morgan fingerprint density at radius 1 is 1.44 bits per heavy atom. The van der Waals surface area contributed by atoms with E-state index in [0.29, 0.717) is 12.0 Å². The fourth-order valence-electron chi connectivity index (χ4n) is 1.86. The number of rotatable bonds is 2. The number of carbonyl (C=O) groups excluding carboxylic acids is 1. The largest absolute Gasteiger partial charge is 0.444 e. The Kier molecular flexibility index (Phi) is 4.19. The SMILES string of the molecule is CC(C)[C@H]1C[C@H](NC(=O)OC(C)(C)C)CN1. The first kappa shape index (κ1) is 13.3. The van der Waals surface area contributed by atoms with Gasteiger partial charge < -0.3 is 15.4 Å². The molecule has 0 bridgehead atoms. The van der Waals surface area contributed by atoms with Gasteiger partial charge in [0.15, 0.2) is 0 Å². The van der Waals surface area contributed by atoms with Crippen molar-refractivity contribution in [1.82, 2.24) is 10.6 Å². The van der Waals surface area contributed by atoms with Crippen LogP contribution in [0.25, 0.3) is 0 Å². The summed E-state index contributed by atoms with van der Waals surface area (Å²) in [5.74, 6) is 0.602. The third-order valence-corrected chi connectivity index (χ3v) is 2.69. The number of amides is 1. The van der Waals surface area contributed by atoms with Crippen molar-refractivity contribution in [3.63, 3.8) is 0 Å². The highest BCUT2D eigenvalue weighted by Gasteiger charge is 2.28. The Morgan fingerprint density at radius 2 is 2.06 bits per heavy atom. The van der Waals surface area contributed by atoms with Crippen molar-refractivity contribution >= 4 is 6.09 Å². The van der Waals surface area contributed by atoms with E-state index in [2.05, 4.69) is 24.5 Å². The zero-order chi connectivity index (χ0) is 12.3. The molecule has 0 radical (unpaired) electrons. The van der Waals surface area contributed by atoms with Gasteiger partial charge in [-0.05, 0) is 33.1 Å². The molecular weight excluding hydrogens is 204 g/mol. The molecule has 0 unspecified atom stereocenters. The van der Waals surface area contributed by atoms with E-state index in [4.69, 9.17) is 4.74 Å². The summed E-state index contributed by atoms with van der Waals surface area (Å²) in [6.45, 7) is 10.8. The average Bonchev–Trinajstić information content (AvgIpc) is 2.48. The second-order valence-electron chi connectivity index (χ2n) is 5.84. The first-order chi connectivity index (χ1) is 7.28. The molecule has 2 atom stereocenters. The van der Waals surface area contributed by atoms with E-state index in [1.165, 1.54) is 0 Å². The lowest BCUT2D eigenvalue weighted by molar-refractivity contribution is 0.0507. The van der Waals surface area contributed by atoms with Crippen molar-refractivity contribution in [1.29, 1.82) is 0 Å². The van der Waals surface area contributed by atoms with Crippen molar-refractivity contribution in [2.24, 2.45) is 5.92 Å². The van der Waals surface area contributed by atoms with Crippen molar-refractivity contribution in [2.45, 2.75) is 58.7 Å². The van der Waals surface area contributed by atoms with Gasteiger partial charge in [0.05, 0.1) is 0 Å². The van der Waals surface area contributed by atoms with Gasteiger partial charge in [-0.3, -0.25) is 0 Å². The molecule has 1 aliphatic rings. The number of ether oxygens (including phenoxy) is 1. The minimum absolute atomic E-state index is 0.197. The molecule has 1 heterocycles. The summed E-state index contributed by atoms with van der Waals surface area (Å²) in [4.78, 5) is 11.5. The van der Waals surface area contributed by atoms with Crippen molar-refractivity contribution in [2.75, 3.05) is 6.54 Å². The molecule has 0 aromatic carbocycles. The first-order valence-electron chi connectivity index (χ1n) is 6.01. The van der Waals surface area contributed by atoms with Crippen molar-refractivity contribution in [3.05, 3.63) is 0 Å². The predicted molar refractivity (Wildman–Crippen MR) is 64.4 cm³/mol. The summed E-state index contributed by atoms with van der Waals surface area (Å²) in [6, 6.07) is 0.696. The summed E-state index contributed by atoms with van der Waals surface area (Å²) >= 11 is 0. The molecule has 0 spiro atoms. The number of carbonyl (C=O) groups is 1. The molecule has 1 saturated heterocycles. The van der Waals surface area contributed by atoms with Gasteiger partial charge in [0.1, 0.15) is 5.60 Å². The van der Waals surface area contributed by atoms with Crippen LogP contribution in [0.1, 0.15) is 41.0 Å². The molecule has 94 valence electrons. The van der Waals surface area contributed by atoms with Crippen LogP contribution in [0.2, 0.25) is 0 Å². The molecule has 2 N–H and O–H groups in total. The van der Waals surface area contributed by atoms with Gasteiger partial charge in [-0.25, -0.2) is 4.79 Å². The highest BCUT2D eigenvalue weighted by Crippen LogP contribution is 2.15.